The molecular weight excluding hydrogens is 258 g/mol. The Labute approximate surface area is 119 Å². The largest absolute Gasteiger partial charge is 0.478 e. The SMILES string of the molecule is CCOC(=O)C=CC(C(=O)O)=C(C)NCC1CCCC1. The number of hydrogen-bond donors (Lipinski definition) is 2. The minimum Gasteiger partial charge on any atom is -0.478 e. The smallest absolute Gasteiger partial charge is 0.337 e. The van der Waals surface area contributed by atoms with E-state index in [-0.39, 0.29) is 12.2 Å². The lowest BCUT2D eigenvalue weighted by Crippen LogP contribution is -2.22. The van der Waals surface area contributed by atoms with Crippen LogP contribution >= 0.6 is 0 Å². The van der Waals surface area contributed by atoms with Gasteiger partial charge in [-0.2, -0.15) is 0 Å². The summed E-state index contributed by atoms with van der Waals surface area (Å²) < 4.78 is 4.73. The average Bonchev–Trinajstić information content (AvgIpc) is 2.89. The van der Waals surface area contributed by atoms with Gasteiger partial charge >= 0.3 is 11.9 Å². The first kappa shape index (κ1) is 16.3. The van der Waals surface area contributed by atoms with E-state index in [2.05, 4.69) is 5.32 Å². The number of carbonyl (C=O) groups excluding carboxylic acids is 1. The zero-order valence-electron chi connectivity index (χ0n) is 12.1. The third-order valence-corrected chi connectivity index (χ3v) is 3.44. The molecule has 5 heteroatoms. The van der Waals surface area contributed by atoms with Crippen LogP contribution in [0.2, 0.25) is 0 Å². The summed E-state index contributed by atoms with van der Waals surface area (Å²) in [6.07, 6.45) is 7.33. The number of rotatable bonds is 7. The molecule has 1 aliphatic carbocycles. The van der Waals surface area contributed by atoms with E-state index in [0.29, 0.717) is 11.6 Å². The van der Waals surface area contributed by atoms with Gasteiger partial charge in [-0.25, -0.2) is 9.59 Å². The minimum absolute atomic E-state index is 0.0936. The summed E-state index contributed by atoms with van der Waals surface area (Å²) in [7, 11) is 0. The van der Waals surface area contributed by atoms with Gasteiger partial charge < -0.3 is 15.2 Å². The Hall–Kier alpha value is -1.78. The van der Waals surface area contributed by atoms with Crippen LogP contribution in [0.3, 0.4) is 0 Å². The van der Waals surface area contributed by atoms with E-state index in [4.69, 9.17) is 4.74 Å². The van der Waals surface area contributed by atoms with Crippen LogP contribution < -0.4 is 5.32 Å². The van der Waals surface area contributed by atoms with Gasteiger partial charge in [0, 0.05) is 18.3 Å². The molecule has 1 rings (SSSR count). The molecule has 0 spiro atoms. The molecule has 0 aromatic heterocycles. The summed E-state index contributed by atoms with van der Waals surface area (Å²) in [5, 5.41) is 12.3. The molecule has 0 atom stereocenters. The Kier molecular flexibility index (Phi) is 6.84. The summed E-state index contributed by atoms with van der Waals surface area (Å²) in [4.78, 5) is 22.4. The van der Waals surface area contributed by atoms with Gasteiger partial charge in [0.15, 0.2) is 0 Å². The standard InChI is InChI=1S/C15H23NO4/c1-3-20-14(17)9-8-13(15(18)19)11(2)16-10-12-6-4-5-7-12/h8-9,12,16H,3-7,10H2,1-2H3,(H,18,19). The number of allylic oxidation sites excluding steroid dienone is 1. The molecule has 1 fully saturated rings. The summed E-state index contributed by atoms with van der Waals surface area (Å²) in [6.45, 7) is 4.48. The second kappa shape index (κ2) is 8.40. The fraction of sp³-hybridized carbons (Fsp3) is 0.600. The van der Waals surface area contributed by atoms with Gasteiger partial charge in [-0.05, 0) is 38.7 Å². The second-order valence-electron chi connectivity index (χ2n) is 4.96. The monoisotopic (exact) mass is 281 g/mol. The van der Waals surface area contributed by atoms with Crippen molar-refractivity contribution in [2.24, 2.45) is 5.92 Å². The van der Waals surface area contributed by atoms with Crippen LogP contribution in [0, 0.1) is 5.92 Å². The molecule has 112 valence electrons. The zero-order chi connectivity index (χ0) is 15.0. The van der Waals surface area contributed by atoms with Crippen molar-refractivity contribution in [3.05, 3.63) is 23.4 Å². The van der Waals surface area contributed by atoms with Crippen molar-refractivity contribution in [3.63, 3.8) is 0 Å². The summed E-state index contributed by atoms with van der Waals surface area (Å²) in [5.41, 5.74) is 0.668. The number of aliphatic carboxylic acids is 1. The number of nitrogens with one attached hydrogen (secondary N) is 1. The highest BCUT2D eigenvalue weighted by Gasteiger charge is 2.15. The van der Waals surface area contributed by atoms with Gasteiger partial charge in [0.25, 0.3) is 0 Å². The molecule has 0 aromatic carbocycles. The Balaban J connectivity index is 2.63. The maximum Gasteiger partial charge on any atom is 0.337 e. The number of carboxylic acid groups (broad SMARTS) is 1. The number of esters is 1. The third kappa shape index (κ3) is 5.47. The predicted octanol–water partition coefficient (Wildman–Crippen LogP) is 2.24. The van der Waals surface area contributed by atoms with Gasteiger partial charge in [-0.1, -0.05) is 12.8 Å². The molecular formula is C15H23NO4. The summed E-state index contributed by atoms with van der Waals surface area (Å²) in [6, 6.07) is 0. The molecule has 0 amide bonds. The topological polar surface area (TPSA) is 75.6 Å². The first-order valence-electron chi connectivity index (χ1n) is 7.07. The van der Waals surface area contributed by atoms with Crippen LogP contribution in [0.4, 0.5) is 0 Å². The van der Waals surface area contributed by atoms with E-state index in [0.717, 1.165) is 12.6 Å². The van der Waals surface area contributed by atoms with Crippen molar-refractivity contribution in [3.8, 4) is 0 Å². The zero-order valence-corrected chi connectivity index (χ0v) is 12.1. The Morgan fingerprint density at radius 3 is 2.50 bits per heavy atom. The average molecular weight is 281 g/mol. The lowest BCUT2D eigenvalue weighted by atomic mass is 10.1. The molecule has 2 N–H and O–H groups in total. The molecule has 0 heterocycles. The van der Waals surface area contributed by atoms with Crippen molar-refractivity contribution in [1.29, 1.82) is 0 Å². The first-order valence-corrected chi connectivity index (χ1v) is 7.07. The quantitative estimate of drug-likeness (QED) is 0.425. The van der Waals surface area contributed by atoms with E-state index in [1.54, 1.807) is 13.8 Å². The normalized spacial score (nSPS) is 17.1. The van der Waals surface area contributed by atoms with Crippen molar-refractivity contribution in [2.45, 2.75) is 39.5 Å². The highest BCUT2D eigenvalue weighted by Crippen LogP contribution is 2.24. The number of hydrogen-bond acceptors (Lipinski definition) is 4. The molecule has 0 saturated heterocycles. The highest BCUT2D eigenvalue weighted by atomic mass is 16.5. The first-order chi connectivity index (χ1) is 9.54. The van der Waals surface area contributed by atoms with Crippen molar-refractivity contribution >= 4 is 11.9 Å². The second-order valence-corrected chi connectivity index (χ2v) is 4.96. The van der Waals surface area contributed by atoms with Crippen LogP contribution in [0.25, 0.3) is 0 Å². The van der Waals surface area contributed by atoms with Crippen LogP contribution in [-0.4, -0.2) is 30.2 Å². The van der Waals surface area contributed by atoms with E-state index in [1.165, 1.54) is 31.8 Å². The molecule has 0 unspecified atom stereocenters. The van der Waals surface area contributed by atoms with Crippen molar-refractivity contribution in [1.82, 2.24) is 5.32 Å². The lowest BCUT2D eigenvalue weighted by molar-refractivity contribution is -0.137. The predicted molar refractivity (Wildman–Crippen MR) is 76.1 cm³/mol. The number of carbonyl (C=O) groups is 2. The third-order valence-electron chi connectivity index (χ3n) is 3.44. The fourth-order valence-electron chi connectivity index (χ4n) is 2.31. The lowest BCUT2D eigenvalue weighted by Gasteiger charge is -2.13. The van der Waals surface area contributed by atoms with E-state index in [1.807, 2.05) is 0 Å². The fourth-order valence-corrected chi connectivity index (χ4v) is 2.31. The Morgan fingerprint density at radius 1 is 1.30 bits per heavy atom. The van der Waals surface area contributed by atoms with Gasteiger partial charge in [0.05, 0.1) is 12.2 Å². The van der Waals surface area contributed by atoms with Gasteiger partial charge in [-0.3, -0.25) is 0 Å². The van der Waals surface area contributed by atoms with E-state index in [9.17, 15) is 14.7 Å². The van der Waals surface area contributed by atoms with Crippen LogP contribution in [0.1, 0.15) is 39.5 Å². The molecule has 0 aromatic rings. The van der Waals surface area contributed by atoms with E-state index < -0.39 is 11.9 Å². The van der Waals surface area contributed by atoms with Gasteiger partial charge in [0.1, 0.15) is 0 Å². The Morgan fingerprint density at radius 2 is 1.95 bits per heavy atom. The van der Waals surface area contributed by atoms with Gasteiger partial charge in [0.2, 0.25) is 0 Å². The van der Waals surface area contributed by atoms with Crippen molar-refractivity contribution in [2.75, 3.05) is 13.2 Å². The van der Waals surface area contributed by atoms with Crippen molar-refractivity contribution < 1.29 is 19.4 Å². The number of ether oxygens (including phenoxy) is 1. The van der Waals surface area contributed by atoms with Crippen LogP contribution in [0.15, 0.2) is 23.4 Å². The summed E-state index contributed by atoms with van der Waals surface area (Å²) in [5.74, 6) is -0.967. The molecule has 0 bridgehead atoms. The number of carboxylic acids is 1. The van der Waals surface area contributed by atoms with Crippen LogP contribution in [0.5, 0.6) is 0 Å². The maximum atomic E-state index is 11.2. The minimum atomic E-state index is -1.05. The summed E-state index contributed by atoms with van der Waals surface area (Å²) >= 11 is 0. The molecule has 20 heavy (non-hydrogen) atoms. The molecule has 5 nitrogen and oxygen atoms in total. The highest BCUT2D eigenvalue weighted by molar-refractivity contribution is 5.93. The molecule has 1 saturated carbocycles. The maximum absolute atomic E-state index is 11.2. The van der Waals surface area contributed by atoms with Gasteiger partial charge in [-0.15, -0.1) is 0 Å². The van der Waals surface area contributed by atoms with Crippen LogP contribution in [-0.2, 0) is 14.3 Å². The Bertz CT molecular complexity index is 406. The molecule has 1 aliphatic rings. The van der Waals surface area contributed by atoms with E-state index >= 15 is 0 Å². The molecule has 0 radical (unpaired) electrons. The molecule has 0 aliphatic heterocycles.